The molecule has 0 aromatic carbocycles. The number of carbonyl (C=O) groups is 2. The number of aromatic nitrogens is 3. The molecule has 10 heteroatoms. The van der Waals surface area contributed by atoms with Crippen LogP contribution in [0.5, 0.6) is 0 Å². The molecule has 2 aromatic heterocycles. The molecule has 3 heterocycles. The lowest BCUT2D eigenvalue weighted by molar-refractivity contribution is -0.120. The Balaban J connectivity index is 1.36. The maximum Gasteiger partial charge on any atom is 0.270 e. The molecule has 0 spiro atoms. The van der Waals surface area contributed by atoms with Gasteiger partial charge >= 0.3 is 0 Å². The molecule has 1 unspecified atom stereocenters. The van der Waals surface area contributed by atoms with Gasteiger partial charge in [0.15, 0.2) is 0 Å². The summed E-state index contributed by atoms with van der Waals surface area (Å²) in [5, 5.41) is 10.1. The summed E-state index contributed by atoms with van der Waals surface area (Å²) >= 11 is 0. The van der Waals surface area contributed by atoms with Crippen molar-refractivity contribution in [1.82, 2.24) is 25.2 Å². The molecular formula is C24H30N6O4. The lowest BCUT2D eigenvalue weighted by atomic mass is 9.81. The molecule has 0 bridgehead atoms. The number of carbonyl (C=O) groups excluding carboxylic acids is 2. The molecule has 0 radical (unpaired) electrons. The van der Waals surface area contributed by atoms with E-state index < -0.39 is 0 Å². The summed E-state index contributed by atoms with van der Waals surface area (Å²) in [5.41, 5.74) is 2.12. The van der Waals surface area contributed by atoms with E-state index in [1.807, 2.05) is 0 Å². The molecule has 2 aromatic rings. The molecule has 1 aliphatic heterocycles. The number of hydrogen-bond acceptors (Lipinski definition) is 7. The SMILES string of the molecule is CC(=O)N[C@H]1CC[C@H](C2CC(c3cc(C(=O)NCc4ccn(C)c(=O)c4)nc(C)n3)=NO2)CC1. The fourth-order valence-corrected chi connectivity index (χ4v) is 4.53. The highest BCUT2D eigenvalue weighted by Gasteiger charge is 2.34. The third-order valence-corrected chi connectivity index (χ3v) is 6.39. The van der Waals surface area contributed by atoms with Gasteiger partial charge in [0.05, 0.1) is 5.69 Å². The van der Waals surface area contributed by atoms with Gasteiger partial charge in [-0.05, 0) is 56.2 Å². The summed E-state index contributed by atoms with van der Waals surface area (Å²) in [6.07, 6.45) is 6.07. The number of amides is 2. The lowest BCUT2D eigenvalue weighted by Crippen LogP contribution is -2.38. The zero-order valence-electron chi connectivity index (χ0n) is 19.7. The van der Waals surface area contributed by atoms with Crippen molar-refractivity contribution in [3.05, 3.63) is 57.5 Å². The van der Waals surface area contributed by atoms with Crippen LogP contribution in [0.1, 0.15) is 66.6 Å². The maximum atomic E-state index is 12.7. The monoisotopic (exact) mass is 466 g/mol. The summed E-state index contributed by atoms with van der Waals surface area (Å²) in [6.45, 7) is 3.51. The highest BCUT2D eigenvalue weighted by Crippen LogP contribution is 2.33. The minimum Gasteiger partial charge on any atom is -0.391 e. The number of nitrogens with zero attached hydrogens (tertiary/aromatic N) is 4. The molecule has 34 heavy (non-hydrogen) atoms. The van der Waals surface area contributed by atoms with E-state index in [-0.39, 0.29) is 41.8 Å². The van der Waals surface area contributed by atoms with Crippen molar-refractivity contribution in [2.75, 3.05) is 0 Å². The van der Waals surface area contributed by atoms with E-state index in [2.05, 4.69) is 25.8 Å². The van der Waals surface area contributed by atoms with Crippen LogP contribution in [0.4, 0.5) is 0 Å². The summed E-state index contributed by atoms with van der Waals surface area (Å²) in [4.78, 5) is 50.3. The molecule has 1 atom stereocenters. The predicted molar refractivity (Wildman–Crippen MR) is 125 cm³/mol. The molecule has 180 valence electrons. The van der Waals surface area contributed by atoms with Crippen LogP contribution in [0.15, 0.2) is 34.3 Å². The summed E-state index contributed by atoms with van der Waals surface area (Å²) in [6, 6.07) is 5.14. The molecule has 1 fully saturated rings. The Labute approximate surface area is 197 Å². The van der Waals surface area contributed by atoms with Gasteiger partial charge in [0.1, 0.15) is 23.3 Å². The normalized spacial score (nSPS) is 22.0. The van der Waals surface area contributed by atoms with Crippen molar-refractivity contribution in [3.63, 3.8) is 0 Å². The molecule has 2 N–H and O–H groups in total. The fourth-order valence-electron chi connectivity index (χ4n) is 4.53. The van der Waals surface area contributed by atoms with E-state index in [1.54, 1.807) is 39.2 Å². The van der Waals surface area contributed by atoms with Crippen LogP contribution in [-0.4, -0.2) is 44.2 Å². The van der Waals surface area contributed by atoms with Gasteiger partial charge in [-0.15, -0.1) is 0 Å². The van der Waals surface area contributed by atoms with E-state index in [9.17, 15) is 14.4 Å². The maximum absolute atomic E-state index is 12.7. The minimum absolute atomic E-state index is 0.0122. The summed E-state index contributed by atoms with van der Waals surface area (Å²) in [7, 11) is 1.67. The van der Waals surface area contributed by atoms with Crippen LogP contribution >= 0.6 is 0 Å². The van der Waals surface area contributed by atoms with Crippen molar-refractivity contribution >= 4 is 17.5 Å². The molecule has 4 rings (SSSR count). The van der Waals surface area contributed by atoms with Crippen molar-refractivity contribution in [2.24, 2.45) is 18.1 Å². The van der Waals surface area contributed by atoms with Crippen LogP contribution in [0.3, 0.4) is 0 Å². The van der Waals surface area contributed by atoms with E-state index in [1.165, 1.54) is 10.6 Å². The fraction of sp³-hybridized carbons (Fsp3) is 0.500. The van der Waals surface area contributed by atoms with Crippen molar-refractivity contribution in [2.45, 2.75) is 64.6 Å². The van der Waals surface area contributed by atoms with Crippen molar-refractivity contribution in [3.8, 4) is 0 Å². The highest BCUT2D eigenvalue weighted by molar-refractivity contribution is 6.01. The predicted octanol–water partition coefficient (Wildman–Crippen LogP) is 1.60. The van der Waals surface area contributed by atoms with Gasteiger partial charge in [-0.25, -0.2) is 9.97 Å². The zero-order valence-corrected chi connectivity index (χ0v) is 19.7. The first-order valence-electron chi connectivity index (χ1n) is 11.6. The number of nitrogens with one attached hydrogen (secondary N) is 2. The van der Waals surface area contributed by atoms with Crippen molar-refractivity contribution in [1.29, 1.82) is 0 Å². The Hall–Kier alpha value is -3.56. The van der Waals surface area contributed by atoms with Crippen LogP contribution in [-0.2, 0) is 23.2 Å². The van der Waals surface area contributed by atoms with E-state index in [4.69, 9.17) is 4.84 Å². The minimum atomic E-state index is -0.347. The Morgan fingerprint density at radius 3 is 2.65 bits per heavy atom. The second kappa shape index (κ2) is 10.1. The number of oxime groups is 1. The number of aryl methyl sites for hydroxylation is 2. The molecule has 10 nitrogen and oxygen atoms in total. The third-order valence-electron chi connectivity index (χ3n) is 6.39. The first-order chi connectivity index (χ1) is 16.3. The first-order valence-corrected chi connectivity index (χ1v) is 11.6. The van der Waals surface area contributed by atoms with Gasteiger partial charge in [-0.3, -0.25) is 14.4 Å². The summed E-state index contributed by atoms with van der Waals surface area (Å²) < 4.78 is 1.47. The number of hydrogen-bond donors (Lipinski definition) is 2. The lowest BCUT2D eigenvalue weighted by Gasteiger charge is -2.31. The quantitative estimate of drug-likeness (QED) is 0.666. The molecule has 2 aliphatic rings. The van der Waals surface area contributed by atoms with Gasteiger partial charge in [-0.1, -0.05) is 5.16 Å². The summed E-state index contributed by atoms with van der Waals surface area (Å²) in [5.74, 6) is 0.506. The molecule has 0 saturated heterocycles. The zero-order chi connectivity index (χ0) is 24.2. The van der Waals surface area contributed by atoms with Gasteiger partial charge in [-0.2, -0.15) is 0 Å². The van der Waals surface area contributed by atoms with Gasteiger partial charge < -0.3 is 20.0 Å². The van der Waals surface area contributed by atoms with Crippen molar-refractivity contribution < 1.29 is 14.4 Å². The third kappa shape index (κ3) is 5.67. The largest absolute Gasteiger partial charge is 0.391 e. The number of rotatable bonds is 6. The highest BCUT2D eigenvalue weighted by atomic mass is 16.6. The van der Waals surface area contributed by atoms with Gasteiger partial charge in [0.25, 0.3) is 11.5 Å². The van der Waals surface area contributed by atoms with Gasteiger partial charge in [0, 0.05) is 45.2 Å². The standard InChI is InChI=1S/C24H30N6O4/c1-14-26-19(11-21(27-14)24(33)25-13-16-8-9-30(3)23(32)10-16)20-12-22(34-29-20)17-4-6-18(7-5-17)28-15(2)31/h8-11,17-18,22H,4-7,12-13H2,1-3H3,(H,25,33)(H,28,31)/t17-,18-,22?. The Bertz CT molecular complexity index is 1170. The Morgan fingerprint density at radius 1 is 1.18 bits per heavy atom. The molecular weight excluding hydrogens is 436 g/mol. The number of pyridine rings is 1. The Morgan fingerprint density at radius 2 is 1.94 bits per heavy atom. The molecule has 1 aliphatic carbocycles. The smallest absolute Gasteiger partial charge is 0.270 e. The van der Waals surface area contributed by atoms with Crippen LogP contribution < -0.4 is 16.2 Å². The second-order valence-corrected chi connectivity index (χ2v) is 9.05. The average Bonchev–Trinajstić information content (AvgIpc) is 3.30. The van der Waals surface area contributed by atoms with E-state index >= 15 is 0 Å². The second-order valence-electron chi connectivity index (χ2n) is 9.05. The van der Waals surface area contributed by atoms with E-state index in [0.717, 1.165) is 25.7 Å². The topological polar surface area (TPSA) is 128 Å². The van der Waals surface area contributed by atoms with Crippen LogP contribution in [0, 0.1) is 12.8 Å². The average molecular weight is 467 g/mol. The molecule has 2 amide bonds. The molecule has 1 saturated carbocycles. The van der Waals surface area contributed by atoms with Crippen LogP contribution in [0.25, 0.3) is 0 Å². The van der Waals surface area contributed by atoms with Crippen LogP contribution in [0.2, 0.25) is 0 Å². The van der Waals surface area contributed by atoms with Gasteiger partial charge in [0.2, 0.25) is 5.91 Å². The van der Waals surface area contributed by atoms with E-state index in [0.29, 0.717) is 35.1 Å². The first kappa shape index (κ1) is 23.6. The Kier molecular flexibility index (Phi) is 7.04.